The highest BCUT2D eigenvalue weighted by Gasteiger charge is 2.25. The minimum absolute atomic E-state index is 0.194. The van der Waals surface area contributed by atoms with E-state index in [9.17, 15) is 4.79 Å². The molecule has 0 N–H and O–H groups in total. The lowest BCUT2D eigenvalue weighted by atomic mass is 9.91. The maximum Gasteiger partial charge on any atom is 0.254 e. The summed E-state index contributed by atoms with van der Waals surface area (Å²) in [6.45, 7) is 7.83. The molecule has 1 aliphatic heterocycles. The van der Waals surface area contributed by atoms with Gasteiger partial charge >= 0.3 is 0 Å². The maximum atomic E-state index is 12.9. The minimum Gasteiger partial charge on any atom is -0.461 e. The predicted octanol–water partition coefficient (Wildman–Crippen LogP) is 4.61. The van der Waals surface area contributed by atoms with Crippen LogP contribution >= 0.6 is 0 Å². The van der Waals surface area contributed by atoms with Crippen molar-refractivity contribution in [3.63, 3.8) is 0 Å². The SMILES string of the molecule is Cc1ccc2c(c1C)CCN(CCCN(C)CCc1cc3ccccc3o1)C2=O. The minimum atomic E-state index is 0.194. The van der Waals surface area contributed by atoms with Crippen molar-refractivity contribution in [2.45, 2.75) is 33.1 Å². The first-order chi connectivity index (χ1) is 14.0. The van der Waals surface area contributed by atoms with Crippen LogP contribution in [0.3, 0.4) is 0 Å². The molecule has 4 rings (SSSR count). The highest BCUT2D eigenvalue weighted by Crippen LogP contribution is 2.24. The van der Waals surface area contributed by atoms with Crippen LogP contribution in [-0.4, -0.2) is 48.9 Å². The van der Waals surface area contributed by atoms with Crippen molar-refractivity contribution >= 4 is 16.9 Å². The summed E-state index contributed by atoms with van der Waals surface area (Å²) in [6.07, 6.45) is 2.86. The zero-order chi connectivity index (χ0) is 20.4. The lowest BCUT2D eigenvalue weighted by molar-refractivity contribution is 0.0733. The Balaban J connectivity index is 1.25. The summed E-state index contributed by atoms with van der Waals surface area (Å²) >= 11 is 0. The monoisotopic (exact) mass is 390 g/mol. The molecule has 0 spiro atoms. The number of hydrogen-bond donors (Lipinski definition) is 0. The van der Waals surface area contributed by atoms with Crippen molar-refractivity contribution < 1.29 is 9.21 Å². The number of furan rings is 1. The summed E-state index contributed by atoms with van der Waals surface area (Å²) in [6, 6.07) is 14.4. The molecule has 1 aromatic heterocycles. The third kappa shape index (κ3) is 4.23. The Morgan fingerprint density at radius 2 is 1.93 bits per heavy atom. The first kappa shape index (κ1) is 19.7. The lowest BCUT2D eigenvalue weighted by Gasteiger charge is -2.30. The normalized spacial score (nSPS) is 14.1. The molecule has 0 saturated heterocycles. The molecule has 4 nitrogen and oxygen atoms in total. The molecule has 0 aliphatic carbocycles. The number of carbonyl (C=O) groups excluding carboxylic acids is 1. The van der Waals surface area contributed by atoms with Crippen LogP contribution in [0.5, 0.6) is 0 Å². The van der Waals surface area contributed by atoms with Crippen molar-refractivity contribution in [1.82, 2.24) is 9.80 Å². The molecule has 1 amide bonds. The number of likely N-dealkylation sites (N-methyl/N-ethyl adjacent to an activating group) is 1. The van der Waals surface area contributed by atoms with Gasteiger partial charge < -0.3 is 14.2 Å². The second kappa shape index (κ2) is 8.42. The second-order valence-electron chi connectivity index (χ2n) is 8.23. The van der Waals surface area contributed by atoms with Crippen molar-refractivity contribution in [2.75, 3.05) is 33.2 Å². The fraction of sp³-hybridized carbons (Fsp3) is 0.400. The lowest BCUT2D eigenvalue weighted by Crippen LogP contribution is -2.39. The van der Waals surface area contributed by atoms with E-state index >= 15 is 0 Å². The van der Waals surface area contributed by atoms with Gasteiger partial charge in [0.05, 0.1) is 0 Å². The van der Waals surface area contributed by atoms with Crippen LogP contribution in [0, 0.1) is 13.8 Å². The van der Waals surface area contributed by atoms with Gasteiger partial charge in [-0.2, -0.15) is 0 Å². The van der Waals surface area contributed by atoms with Gasteiger partial charge in [-0.05, 0) is 75.2 Å². The number of fused-ring (bicyclic) bond motifs is 2. The van der Waals surface area contributed by atoms with E-state index in [1.165, 1.54) is 22.1 Å². The molecule has 2 aromatic carbocycles. The molecular weight excluding hydrogens is 360 g/mol. The topological polar surface area (TPSA) is 36.7 Å². The number of aryl methyl sites for hydroxylation is 1. The molecule has 0 bridgehead atoms. The maximum absolute atomic E-state index is 12.9. The summed E-state index contributed by atoms with van der Waals surface area (Å²) in [7, 11) is 2.14. The number of rotatable bonds is 7. The van der Waals surface area contributed by atoms with Crippen LogP contribution in [0.25, 0.3) is 11.0 Å². The van der Waals surface area contributed by atoms with E-state index in [4.69, 9.17) is 4.42 Å². The first-order valence-electron chi connectivity index (χ1n) is 10.6. The average Bonchev–Trinajstić information content (AvgIpc) is 3.14. The van der Waals surface area contributed by atoms with Crippen molar-refractivity contribution in [3.05, 3.63) is 70.5 Å². The van der Waals surface area contributed by atoms with Gasteiger partial charge in [0, 0.05) is 37.0 Å². The molecule has 0 atom stereocenters. The molecule has 1 aliphatic rings. The highest BCUT2D eigenvalue weighted by atomic mass is 16.3. The summed E-state index contributed by atoms with van der Waals surface area (Å²) < 4.78 is 5.90. The molecule has 4 heteroatoms. The average molecular weight is 391 g/mol. The fourth-order valence-corrected chi connectivity index (χ4v) is 4.23. The Hall–Kier alpha value is -2.59. The van der Waals surface area contributed by atoms with Crippen molar-refractivity contribution in [2.24, 2.45) is 0 Å². The van der Waals surface area contributed by atoms with Crippen LogP contribution in [-0.2, 0) is 12.8 Å². The number of benzene rings is 2. The van der Waals surface area contributed by atoms with E-state index in [1.807, 2.05) is 29.2 Å². The smallest absolute Gasteiger partial charge is 0.254 e. The van der Waals surface area contributed by atoms with E-state index in [0.717, 1.165) is 62.3 Å². The summed E-state index contributed by atoms with van der Waals surface area (Å²) in [5, 5.41) is 1.17. The van der Waals surface area contributed by atoms with E-state index in [0.29, 0.717) is 0 Å². The Morgan fingerprint density at radius 3 is 2.76 bits per heavy atom. The highest BCUT2D eigenvalue weighted by molar-refractivity contribution is 5.97. The van der Waals surface area contributed by atoms with E-state index in [-0.39, 0.29) is 5.91 Å². The van der Waals surface area contributed by atoms with Gasteiger partial charge in [-0.3, -0.25) is 4.79 Å². The molecule has 0 saturated carbocycles. The molecule has 152 valence electrons. The number of para-hydroxylation sites is 1. The Kier molecular flexibility index (Phi) is 5.72. The molecule has 0 unspecified atom stereocenters. The summed E-state index contributed by atoms with van der Waals surface area (Å²) in [5.41, 5.74) is 5.66. The molecular formula is C25H30N2O2. The van der Waals surface area contributed by atoms with E-state index in [2.05, 4.69) is 44.0 Å². The summed E-state index contributed by atoms with van der Waals surface area (Å²) in [5.74, 6) is 1.23. The fourth-order valence-electron chi connectivity index (χ4n) is 4.23. The number of amides is 1. The van der Waals surface area contributed by atoms with Gasteiger partial charge in [-0.15, -0.1) is 0 Å². The molecule has 29 heavy (non-hydrogen) atoms. The summed E-state index contributed by atoms with van der Waals surface area (Å²) in [4.78, 5) is 17.2. The number of hydrogen-bond acceptors (Lipinski definition) is 3. The van der Waals surface area contributed by atoms with Crippen LogP contribution in [0.1, 0.15) is 39.2 Å². The number of nitrogens with zero attached hydrogens (tertiary/aromatic N) is 2. The van der Waals surface area contributed by atoms with Crippen LogP contribution < -0.4 is 0 Å². The molecule has 3 aromatic rings. The van der Waals surface area contributed by atoms with Crippen molar-refractivity contribution in [3.8, 4) is 0 Å². The quantitative estimate of drug-likeness (QED) is 0.591. The largest absolute Gasteiger partial charge is 0.461 e. The number of carbonyl (C=O) groups is 1. The van der Waals surface area contributed by atoms with E-state index < -0.39 is 0 Å². The van der Waals surface area contributed by atoms with Gasteiger partial charge in [0.25, 0.3) is 5.91 Å². The molecule has 0 fully saturated rings. The van der Waals surface area contributed by atoms with Crippen LogP contribution in [0.4, 0.5) is 0 Å². The van der Waals surface area contributed by atoms with Crippen LogP contribution in [0.15, 0.2) is 46.9 Å². The van der Waals surface area contributed by atoms with Gasteiger partial charge in [-0.1, -0.05) is 24.3 Å². The van der Waals surface area contributed by atoms with Gasteiger partial charge in [0.2, 0.25) is 0 Å². The third-order valence-corrected chi connectivity index (χ3v) is 6.20. The molecule has 2 heterocycles. The zero-order valence-corrected chi connectivity index (χ0v) is 17.7. The van der Waals surface area contributed by atoms with Gasteiger partial charge in [0.15, 0.2) is 0 Å². The van der Waals surface area contributed by atoms with Gasteiger partial charge in [-0.25, -0.2) is 0 Å². The Bertz CT molecular complexity index is 988. The van der Waals surface area contributed by atoms with Crippen LogP contribution in [0.2, 0.25) is 0 Å². The Labute approximate surface area is 173 Å². The zero-order valence-electron chi connectivity index (χ0n) is 17.7. The standard InChI is InChI=1S/C25H30N2O2/c1-18-9-10-23-22(19(18)2)12-16-27(25(23)28)14-6-13-26(3)15-11-21-17-20-7-4-5-8-24(20)29-21/h4-5,7-10,17H,6,11-16H2,1-3H3. The third-order valence-electron chi connectivity index (χ3n) is 6.20. The van der Waals surface area contributed by atoms with E-state index in [1.54, 1.807) is 0 Å². The Morgan fingerprint density at radius 1 is 1.10 bits per heavy atom. The van der Waals surface area contributed by atoms with Gasteiger partial charge in [0.1, 0.15) is 11.3 Å². The van der Waals surface area contributed by atoms with Crippen molar-refractivity contribution in [1.29, 1.82) is 0 Å². The molecule has 0 radical (unpaired) electrons. The second-order valence-corrected chi connectivity index (χ2v) is 8.23. The first-order valence-corrected chi connectivity index (χ1v) is 10.6. The predicted molar refractivity (Wildman–Crippen MR) is 118 cm³/mol.